The Morgan fingerprint density at radius 3 is 2.75 bits per heavy atom. The second kappa shape index (κ2) is 6.40. The number of hydrogen-bond donors (Lipinski definition) is 1. The van der Waals surface area contributed by atoms with Gasteiger partial charge in [0.1, 0.15) is 0 Å². The summed E-state index contributed by atoms with van der Waals surface area (Å²) in [5.74, 6) is -0.0190. The molecule has 12 heavy (non-hydrogen) atoms. The van der Waals surface area contributed by atoms with Crippen molar-refractivity contribution in [3.05, 3.63) is 36.5 Å². The highest BCUT2D eigenvalue weighted by Crippen LogP contribution is 1.95. The Labute approximate surface area is 75.2 Å². The molecule has 0 unspecified atom stereocenters. The molecule has 0 atom stereocenters. The lowest BCUT2D eigenvalue weighted by atomic mass is 10.2. The number of carbonyl (C=O) groups is 1. The molecule has 0 aromatic rings. The Bertz CT molecular complexity index is 219. The van der Waals surface area contributed by atoms with Crippen LogP contribution in [-0.2, 0) is 4.79 Å². The Hall–Kier alpha value is -1.31. The zero-order chi connectivity index (χ0) is 9.40. The van der Waals surface area contributed by atoms with E-state index in [-0.39, 0.29) is 7.33 Å². The van der Waals surface area contributed by atoms with Gasteiger partial charge < -0.3 is 5.32 Å². The highest BCUT2D eigenvalue weighted by Gasteiger charge is 1.92. The topological polar surface area (TPSA) is 29.1 Å². The van der Waals surface area contributed by atoms with E-state index in [1.165, 1.54) is 6.92 Å². The average molecular weight is 167 g/mol. The molecule has 0 aromatic carbocycles. The molecule has 1 amide bonds. The van der Waals surface area contributed by atoms with Crippen LogP contribution in [0.5, 0.6) is 0 Å². The lowest BCUT2D eigenvalue weighted by Crippen LogP contribution is -2.21. The fraction of sp³-hybridized carbons (Fsp3) is 0.300. The quantitative estimate of drug-likeness (QED) is 0.638. The predicted molar refractivity (Wildman–Crippen MR) is 53.9 cm³/mol. The molecule has 0 aliphatic heterocycles. The maximum absolute atomic E-state index is 10.6. The minimum absolute atomic E-state index is 0. The third kappa shape index (κ3) is 5.47. The van der Waals surface area contributed by atoms with Crippen molar-refractivity contribution in [1.29, 1.82) is 0 Å². The predicted octanol–water partition coefficient (Wildman–Crippen LogP) is 2.06. The second-order valence-electron chi connectivity index (χ2n) is 2.39. The normalized spacial score (nSPS) is 11.7. The molecule has 0 fully saturated rings. The summed E-state index contributed by atoms with van der Waals surface area (Å²) in [6, 6.07) is 0. The smallest absolute Gasteiger partial charge is 0.217 e. The van der Waals surface area contributed by atoms with E-state index in [9.17, 15) is 4.79 Å². The fourth-order valence-corrected chi connectivity index (χ4v) is 0.765. The number of allylic oxidation sites excluding steroid dienone is 3. The van der Waals surface area contributed by atoms with E-state index in [4.69, 9.17) is 0 Å². The van der Waals surface area contributed by atoms with Crippen LogP contribution >= 0.6 is 0 Å². The zero-order valence-corrected chi connectivity index (χ0v) is 7.63. The summed E-state index contributed by atoms with van der Waals surface area (Å²) >= 11 is 0. The fourth-order valence-electron chi connectivity index (χ4n) is 0.765. The summed E-state index contributed by atoms with van der Waals surface area (Å²) in [5, 5.41) is 2.71. The van der Waals surface area contributed by atoms with Crippen LogP contribution in [0.1, 0.15) is 15.3 Å². The van der Waals surface area contributed by atoms with Gasteiger partial charge in [0.05, 0.1) is 0 Å². The Morgan fingerprint density at radius 2 is 2.33 bits per heavy atom. The number of rotatable bonds is 4. The molecule has 0 saturated carbocycles. The largest absolute Gasteiger partial charge is 0.352 e. The van der Waals surface area contributed by atoms with E-state index >= 15 is 0 Å². The van der Waals surface area contributed by atoms with Crippen LogP contribution in [0.2, 0.25) is 0 Å². The van der Waals surface area contributed by atoms with Crippen LogP contribution in [0, 0.1) is 0 Å². The summed E-state index contributed by atoms with van der Waals surface area (Å²) < 4.78 is 0. The summed E-state index contributed by atoms with van der Waals surface area (Å²) in [6.07, 6.45) is 7.45. The van der Waals surface area contributed by atoms with Crippen LogP contribution in [0.3, 0.4) is 0 Å². The molecule has 68 valence electrons. The number of nitrogens with one attached hydrogen (secondary N) is 1. The molecule has 0 aliphatic rings. The van der Waals surface area contributed by atoms with Gasteiger partial charge in [0.15, 0.2) is 0 Å². The number of carbonyl (C=O) groups excluding carboxylic acids is 1. The van der Waals surface area contributed by atoms with Gasteiger partial charge in [-0.2, -0.15) is 0 Å². The minimum atomic E-state index is -0.0190. The lowest BCUT2D eigenvalue weighted by Gasteiger charge is -2.01. The van der Waals surface area contributed by atoms with E-state index in [0.717, 1.165) is 5.57 Å². The first-order valence-electron chi connectivity index (χ1n) is 3.89. The first kappa shape index (κ1) is 10.7. The Kier molecular flexibility index (Phi) is 5.70. The van der Waals surface area contributed by atoms with Crippen LogP contribution in [0.25, 0.3) is 0 Å². The van der Waals surface area contributed by atoms with E-state index in [0.29, 0.717) is 6.54 Å². The minimum Gasteiger partial charge on any atom is -0.352 e. The molecule has 0 spiro atoms. The van der Waals surface area contributed by atoms with Gasteiger partial charge in [-0.05, 0) is 12.5 Å². The molecular formula is C10H17NO. The van der Waals surface area contributed by atoms with Crippen LogP contribution < -0.4 is 5.32 Å². The van der Waals surface area contributed by atoms with Crippen molar-refractivity contribution in [2.45, 2.75) is 13.8 Å². The van der Waals surface area contributed by atoms with Crippen molar-refractivity contribution in [3.63, 3.8) is 0 Å². The molecule has 0 aromatic heterocycles. The summed E-state index contributed by atoms with van der Waals surface area (Å²) in [7, 11) is 0. The first-order valence-corrected chi connectivity index (χ1v) is 3.89. The second-order valence-corrected chi connectivity index (χ2v) is 2.39. The molecule has 0 heterocycles. The molecular weight excluding hydrogens is 150 g/mol. The van der Waals surface area contributed by atoms with E-state index in [1.807, 2.05) is 25.2 Å². The van der Waals surface area contributed by atoms with Crippen molar-refractivity contribution >= 4 is 5.91 Å². The molecule has 0 saturated heterocycles. The van der Waals surface area contributed by atoms with E-state index in [2.05, 4.69) is 11.9 Å². The van der Waals surface area contributed by atoms with Crippen molar-refractivity contribution < 1.29 is 6.22 Å². The summed E-state index contributed by atoms with van der Waals surface area (Å²) in [6.45, 7) is 7.58. The third-order valence-electron chi connectivity index (χ3n) is 1.25. The van der Waals surface area contributed by atoms with Gasteiger partial charge in [0.2, 0.25) is 5.91 Å². The van der Waals surface area contributed by atoms with Crippen molar-refractivity contribution in [3.8, 4) is 0 Å². The third-order valence-corrected chi connectivity index (χ3v) is 1.25. The van der Waals surface area contributed by atoms with Gasteiger partial charge >= 0.3 is 0 Å². The van der Waals surface area contributed by atoms with Crippen molar-refractivity contribution in [2.75, 3.05) is 6.54 Å². The number of hydrogen-bond acceptors (Lipinski definition) is 1. The zero-order valence-electron chi connectivity index (χ0n) is 7.63. The van der Waals surface area contributed by atoms with Crippen LogP contribution in [-0.4, -0.2) is 12.5 Å². The summed E-state index contributed by atoms with van der Waals surface area (Å²) in [4.78, 5) is 10.6. The molecule has 2 nitrogen and oxygen atoms in total. The Balaban J connectivity index is 0. The van der Waals surface area contributed by atoms with Gasteiger partial charge in [0.25, 0.3) is 0 Å². The Morgan fingerprint density at radius 1 is 1.67 bits per heavy atom. The van der Waals surface area contributed by atoms with E-state index in [1.54, 1.807) is 6.08 Å². The molecule has 0 radical (unpaired) electrons. The maximum Gasteiger partial charge on any atom is 0.217 e. The standard InChI is InChI=1S/C10H15NO.H2/c1-4-6-10(7-5-2)8-11-9(3)12;/h4-7H,1,8H2,2-3H3,(H,11,12);1H/b7-5-,10-6+;. The average Bonchev–Trinajstić information content (AvgIpc) is 2.01. The first-order chi connectivity index (χ1) is 5.70. The highest BCUT2D eigenvalue weighted by atomic mass is 16.1. The van der Waals surface area contributed by atoms with Gasteiger partial charge in [-0.25, -0.2) is 0 Å². The van der Waals surface area contributed by atoms with E-state index < -0.39 is 0 Å². The monoisotopic (exact) mass is 167 g/mol. The SMILES string of the molecule is C=C/C=C(\C=C/C)CNC(C)=O.[HH]. The molecule has 0 aliphatic carbocycles. The summed E-state index contributed by atoms with van der Waals surface area (Å²) in [5.41, 5.74) is 1.04. The number of amides is 1. The van der Waals surface area contributed by atoms with Gasteiger partial charge in [-0.1, -0.05) is 30.9 Å². The molecule has 0 bridgehead atoms. The van der Waals surface area contributed by atoms with Crippen LogP contribution in [0.15, 0.2) is 36.5 Å². The van der Waals surface area contributed by atoms with Crippen molar-refractivity contribution in [1.82, 2.24) is 5.32 Å². The van der Waals surface area contributed by atoms with Crippen LogP contribution in [0.4, 0.5) is 0 Å². The van der Waals surface area contributed by atoms with Gasteiger partial charge in [-0.3, -0.25) is 4.79 Å². The van der Waals surface area contributed by atoms with Gasteiger partial charge in [-0.15, -0.1) is 0 Å². The molecule has 0 rings (SSSR count). The van der Waals surface area contributed by atoms with Gasteiger partial charge in [0, 0.05) is 14.9 Å². The maximum atomic E-state index is 10.6. The lowest BCUT2D eigenvalue weighted by molar-refractivity contribution is -0.118. The molecule has 1 N–H and O–H groups in total. The highest BCUT2D eigenvalue weighted by molar-refractivity contribution is 5.73. The molecule has 2 heteroatoms. The van der Waals surface area contributed by atoms with Crippen molar-refractivity contribution in [2.24, 2.45) is 0 Å².